The van der Waals surface area contributed by atoms with Crippen LogP contribution in [0.25, 0.3) is 16.9 Å². The topological polar surface area (TPSA) is 84.7 Å². The van der Waals surface area contributed by atoms with Crippen molar-refractivity contribution in [1.82, 2.24) is 19.6 Å². The Bertz CT molecular complexity index is 1240. The van der Waals surface area contributed by atoms with Crippen molar-refractivity contribution in [2.75, 3.05) is 36.5 Å². The predicted molar refractivity (Wildman–Crippen MR) is 119 cm³/mol. The molecule has 1 amide bonds. The molecule has 1 saturated heterocycles. The number of hydrogen-bond donors (Lipinski definition) is 1. The lowest BCUT2D eigenvalue weighted by Gasteiger charge is -2.27. The maximum atomic E-state index is 13.2. The van der Waals surface area contributed by atoms with E-state index in [4.69, 9.17) is 26.4 Å². The fourth-order valence-electron chi connectivity index (χ4n) is 3.51. The molecule has 1 aromatic carbocycles. The Kier molecular flexibility index (Phi) is 5.23. The van der Waals surface area contributed by atoms with Gasteiger partial charge in [-0.2, -0.15) is 0 Å². The average molecular weight is 435 g/mol. The molecule has 1 fully saturated rings. The quantitative estimate of drug-likeness (QED) is 0.529. The fraction of sp³-hybridized carbons (Fsp3) is 0.182. The van der Waals surface area contributed by atoms with Crippen LogP contribution < -0.4 is 10.2 Å². The molecule has 0 spiro atoms. The van der Waals surface area contributed by atoms with Crippen molar-refractivity contribution in [2.45, 2.75) is 0 Å². The molecule has 0 atom stereocenters. The lowest BCUT2D eigenvalue weighted by molar-refractivity contribution is 0.102. The highest BCUT2D eigenvalue weighted by atomic mass is 35.5. The van der Waals surface area contributed by atoms with E-state index in [1.807, 2.05) is 24.3 Å². The molecule has 1 aliphatic heterocycles. The van der Waals surface area contributed by atoms with E-state index in [1.54, 1.807) is 41.3 Å². The van der Waals surface area contributed by atoms with Crippen LogP contribution in [0.3, 0.4) is 0 Å². The number of halogens is 1. The van der Waals surface area contributed by atoms with Gasteiger partial charge < -0.3 is 15.0 Å². The molecule has 4 heterocycles. The SMILES string of the molecule is O=C(Nc1ccncc1)c1cc(N2CCOCC2)nn2cc(-c3ccccc3Cl)nc12. The van der Waals surface area contributed by atoms with Crippen LogP contribution in [0.4, 0.5) is 11.5 Å². The number of carbonyl (C=O) groups excluding carboxylic acids is 1. The largest absolute Gasteiger partial charge is 0.378 e. The lowest BCUT2D eigenvalue weighted by atomic mass is 10.2. The lowest BCUT2D eigenvalue weighted by Crippen LogP contribution is -2.37. The molecule has 0 aliphatic carbocycles. The molecule has 8 nitrogen and oxygen atoms in total. The second-order valence-electron chi connectivity index (χ2n) is 7.08. The highest BCUT2D eigenvalue weighted by Gasteiger charge is 2.21. The fourth-order valence-corrected chi connectivity index (χ4v) is 3.74. The van der Waals surface area contributed by atoms with Gasteiger partial charge in [-0.05, 0) is 24.3 Å². The van der Waals surface area contributed by atoms with Gasteiger partial charge in [-0.25, -0.2) is 9.50 Å². The van der Waals surface area contributed by atoms with Gasteiger partial charge in [0.15, 0.2) is 11.5 Å². The number of benzene rings is 1. The van der Waals surface area contributed by atoms with Gasteiger partial charge in [0.25, 0.3) is 5.91 Å². The number of nitrogens with one attached hydrogen (secondary N) is 1. The molecule has 1 aliphatic rings. The zero-order valence-electron chi connectivity index (χ0n) is 16.5. The Balaban J connectivity index is 1.61. The first-order valence-electron chi connectivity index (χ1n) is 9.88. The molecule has 0 unspecified atom stereocenters. The standard InChI is InChI=1S/C22H19ClN6O2/c23-18-4-2-1-3-16(18)19-14-29-21(26-19)17(22(30)25-15-5-7-24-8-6-15)13-20(27-29)28-9-11-31-12-10-28/h1-8,13-14H,9-12H2,(H,24,25,30). The van der Waals surface area contributed by atoms with Crippen LogP contribution in [0.2, 0.25) is 5.02 Å². The Labute approximate surface area is 183 Å². The minimum Gasteiger partial charge on any atom is -0.378 e. The van der Waals surface area contributed by atoms with Crippen molar-refractivity contribution >= 4 is 34.7 Å². The molecule has 0 bridgehead atoms. The van der Waals surface area contributed by atoms with Crippen LogP contribution in [-0.4, -0.2) is 51.8 Å². The van der Waals surface area contributed by atoms with Crippen LogP contribution in [0.5, 0.6) is 0 Å². The van der Waals surface area contributed by atoms with Gasteiger partial charge in [0.1, 0.15) is 0 Å². The van der Waals surface area contributed by atoms with Crippen LogP contribution in [0.1, 0.15) is 10.4 Å². The summed E-state index contributed by atoms with van der Waals surface area (Å²) < 4.78 is 7.10. The molecule has 0 radical (unpaired) electrons. The summed E-state index contributed by atoms with van der Waals surface area (Å²) in [6, 6.07) is 12.7. The maximum absolute atomic E-state index is 13.2. The second-order valence-corrected chi connectivity index (χ2v) is 7.49. The van der Waals surface area contributed by atoms with Gasteiger partial charge in [-0.1, -0.05) is 29.8 Å². The minimum absolute atomic E-state index is 0.274. The molecule has 1 N–H and O–H groups in total. The molecule has 156 valence electrons. The monoisotopic (exact) mass is 434 g/mol. The number of aromatic nitrogens is 4. The Morgan fingerprint density at radius 1 is 1.10 bits per heavy atom. The first kappa shape index (κ1) is 19.5. The van der Waals surface area contributed by atoms with E-state index in [-0.39, 0.29) is 5.91 Å². The van der Waals surface area contributed by atoms with Gasteiger partial charge in [0, 0.05) is 36.7 Å². The van der Waals surface area contributed by atoms with E-state index >= 15 is 0 Å². The summed E-state index contributed by atoms with van der Waals surface area (Å²) in [5.74, 6) is 0.420. The van der Waals surface area contributed by atoms with Crippen LogP contribution >= 0.6 is 11.6 Å². The molecule has 4 aromatic rings. The van der Waals surface area contributed by atoms with Crippen molar-refractivity contribution in [2.24, 2.45) is 0 Å². The average Bonchev–Trinajstić information content (AvgIpc) is 3.24. The molecule has 31 heavy (non-hydrogen) atoms. The van der Waals surface area contributed by atoms with Crippen LogP contribution in [0.15, 0.2) is 61.1 Å². The number of ether oxygens (including phenoxy) is 1. The minimum atomic E-state index is -0.274. The number of amides is 1. The summed E-state index contributed by atoms with van der Waals surface area (Å²) in [6.07, 6.45) is 5.05. The van der Waals surface area contributed by atoms with Gasteiger partial charge in [0.2, 0.25) is 0 Å². The van der Waals surface area contributed by atoms with Gasteiger partial charge in [0.05, 0.1) is 35.7 Å². The van der Waals surface area contributed by atoms with E-state index in [1.165, 1.54) is 0 Å². The highest BCUT2D eigenvalue weighted by Crippen LogP contribution is 2.28. The number of morpholine rings is 1. The van der Waals surface area contributed by atoms with E-state index < -0.39 is 0 Å². The number of rotatable bonds is 4. The summed E-state index contributed by atoms with van der Waals surface area (Å²) in [5, 5.41) is 8.21. The number of anilines is 2. The van der Waals surface area contributed by atoms with E-state index in [2.05, 4.69) is 15.2 Å². The van der Waals surface area contributed by atoms with Crippen molar-refractivity contribution in [1.29, 1.82) is 0 Å². The van der Waals surface area contributed by atoms with Crippen molar-refractivity contribution < 1.29 is 9.53 Å². The van der Waals surface area contributed by atoms with Gasteiger partial charge in [-0.3, -0.25) is 9.78 Å². The molecule has 0 saturated carbocycles. The first-order valence-corrected chi connectivity index (χ1v) is 10.3. The van der Waals surface area contributed by atoms with Gasteiger partial charge in [-0.15, -0.1) is 5.10 Å². The summed E-state index contributed by atoms with van der Waals surface area (Å²) in [7, 11) is 0. The molecule has 9 heteroatoms. The van der Waals surface area contributed by atoms with Crippen molar-refractivity contribution in [3.05, 3.63) is 71.6 Å². The highest BCUT2D eigenvalue weighted by molar-refractivity contribution is 6.33. The summed E-state index contributed by atoms with van der Waals surface area (Å²) in [4.78, 5) is 24.0. The van der Waals surface area contributed by atoms with Crippen molar-refractivity contribution in [3.63, 3.8) is 0 Å². The van der Waals surface area contributed by atoms with Crippen LogP contribution in [-0.2, 0) is 4.74 Å². The molecular weight excluding hydrogens is 416 g/mol. The van der Waals surface area contributed by atoms with E-state index in [0.29, 0.717) is 59.7 Å². The summed E-state index contributed by atoms with van der Waals surface area (Å²) in [5.41, 5.74) is 2.96. The Morgan fingerprint density at radius 3 is 2.65 bits per heavy atom. The number of hydrogen-bond acceptors (Lipinski definition) is 6. The number of nitrogens with zero attached hydrogens (tertiary/aromatic N) is 5. The third kappa shape index (κ3) is 3.95. The molecule has 3 aromatic heterocycles. The number of fused-ring (bicyclic) bond motifs is 1. The maximum Gasteiger partial charge on any atom is 0.259 e. The Hall–Kier alpha value is -3.49. The Morgan fingerprint density at radius 2 is 1.87 bits per heavy atom. The normalized spacial score (nSPS) is 14.0. The zero-order valence-corrected chi connectivity index (χ0v) is 17.3. The first-order chi connectivity index (χ1) is 15.2. The number of pyridine rings is 1. The second kappa shape index (κ2) is 8.33. The van der Waals surface area contributed by atoms with E-state index in [9.17, 15) is 4.79 Å². The number of carbonyl (C=O) groups is 1. The predicted octanol–water partition coefficient (Wildman–Crippen LogP) is 3.53. The third-order valence-electron chi connectivity index (χ3n) is 5.08. The molecular formula is C22H19ClN6O2. The number of imidazole rings is 1. The summed E-state index contributed by atoms with van der Waals surface area (Å²) >= 11 is 6.37. The smallest absolute Gasteiger partial charge is 0.259 e. The molecule has 5 rings (SSSR count). The van der Waals surface area contributed by atoms with Crippen LogP contribution in [0, 0.1) is 0 Å². The van der Waals surface area contributed by atoms with Crippen molar-refractivity contribution in [3.8, 4) is 11.3 Å². The summed E-state index contributed by atoms with van der Waals surface area (Å²) in [6.45, 7) is 2.64. The zero-order chi connectivity index (χ0) is 21.2. The van der Waals surface area contributed by atoms with E-state index in [0.717, 1.165) is 5.56 Å². The van der Waals surface area contributed by atoms with Gasteiger partial charge >= 0.3 is 0 Å². The third-order valence-corrected chi connectivity index (χ3v) is 5.41.